The van der Waals surface area contributed by atoms with Crippen molar-refractivity contribution in [3.63, 3.8) is 0 Å². The fourth-order valence-electron chi connectivity index (χ4n) is 2.36. The molecule has 0 radical (unpaired) electrons. The Hall–Kier alpha value is -2.23. The van der Waals surface area contributed by atoms with Crippen molar-refractivity contribution in [2.45, 2.75) is 0 Å². The van der Waals surface area contributed by atoms with Crippen molar-refractivity contribution >= 4 is 0 Å². The number of aromatic nitrogens is 1. The molecule has 0 amide bonds. The molecule has 0 fully saturated rings. The summed E-state index contributed by atoms with van der Waals surface area (Å²) in [6.45, 7) is 0. The molecule has 4 rings (SSSR count). The van der Waals surface area contributed by atoms with Crippen LogP contribution in [0.4, 0.5) is 8.78 Å². The van der Waals surface area contributed by atoms with E-state index in [1.165, 1.54) is 12.1 Å². The minimum atomic E-state index is -0.547. The van der Waals surface area contributed by atoms with Crippen molar-refractivity contribution in [3.05, 3.63) is 103 Å². The van der Waals surface area contributed by atoms with Crippen molar-refractivity contribution in [2.75, 3.05) is 0 Å². The molecule has 4 heteroatoms. The van der Waals surface area contributed by atoms with Gasteiger partial charge in [-0.25, -0.2) is 0 Å². The molecule has 24 heavy (non-hydrogen) atoms. The van der Waals surface area contributed by atoms with Gasteiger partial charge in [-0.1, -0.05) is 11.6 Å². The van der Waals surface area contributed by atoms with Gasteiger partial charge >= 0.3 is 0 Å². The molecule has 0 aliphatic carbocycles. The summed E-state index contributed by atoms with van der Waals surface area (Å²) >= 11 is 0. The van der Waals surface area contributed by atoms with E-state index in [4.69, 9.17) is 0 Å². The molecule has 0 aliphatic heterocycles. The summed E-state index contributed by atoms with van der Waals surface area (Å²) in [5.74, 6) is -1.09. The topological polar surface area (TPSA) is 4.93 Å². The van der Waals surface area contributed by atoms with Crippen LogP contribution in [-0.2, 0) is 21.7 Å². The average Bonchev–Trinajstić information content (AvgIpc) is 3.32. The first-order chi connectivity index (χ1) is 11.3. The third kappa shape index (κ3) is 3.99. The van der Waals surface area contributed by atoms with Gasteiger partial charge < -0.3 is 34.9 Å². The van der Waals surface area contributed by atoms with E-state index in [2.05, 4.69) is 0 Å². The zero-order valence-electron chi connectivity index (χ0n) is 12.9. The number of hydrogen-bond acceptors (Lipinski definition) is 0. The Morgan fingerprint density at radius 3 is 1.88 bits per heavy atom. The molecule has 0 N–H and O–H groups in total. The number of benzene rings is 1. The third-order valence-corrected chi connectivity index (χ3v) is 3.46. The second-order valence-electron chi connectivity index (χ2n) is 4.98. The van der Waals surface area contributed by atoms with Crippen LogP contribution in [0, 0.1) is 11.6 Å². The predicted octanol–water partition coefficient (Wildman–Crippen LogP) is 5.54. The smallest absolute Gasteiger partial charge is 0.0895 e. The zero-order valence-corrected chi connectivity index (χ0v) is 14.4. The largest absolute Gasteiger partial charge is 0.748 e. The molecule has 0 atom stereocenters. The van der Waals surface area contributed by atoms with Crippen molar-refractivity contribution < 1.29 is 30.5 Å². The zero-order chi connectivity index (χ0) is 16.1. The van der Waals surface area contributed by atoms with E-state index in [1.807, 2.05) is 30.3 Å². The third-order valence-electron chi connectivity index (χ3n) is 3.46. The summed E-state index contributed by atoms with van der Waals surface area (Å²) in [5.41, 5.74) is 0.919. The maximum atomic E-state index is 14.4. The summed E-state index contributed by atoms with van der Waals surface area (Å²) in [6, 6.07) is 23.2. The molecule has 0 bridgehead atoms. The van der Waals surface area contributed by atoms with Crippen molar-refractivity contribution in [2.24, 2.45) is 0 Å². The van der Waals surface area contributed by atoms with Crippen LogP contribution in [0.25, 0.3) is 16.8 Å². The standard InChI is InChI=1S/C15H10F2N.C5H5.Ti/c16-12-7-8-13(18-9-3-4-10-18)15(17)14(12)11-5-1-2-6-11;1-2-4-5-3-1;/h1-10H;1-5H;/q-1;-5;. The Balaban J connectivity index is 0.000000300. The van der Waals surface area contributed by atoms with Crippen molar-refractivity contribution in [1.29, 1.82) is 0 Å². The molecule has 124 valence electrons. The summed E-state index contributed by atoms with van der Waals surface area (Å²) in [5, 5.41) is 0. The van der Waals surface area contributed by atoms with E-state index in [0.717, 1.165) is 0 Å². The van der Waals surface area contributed by atoms with Gasteiger partial charge in [-0.3, -0.25) is 8.78 Å². The maximum absolute atomic E-state index is 14.4. The van der Waals surface area contributed by atoms with Crippen LogP contribution in [0.3, 0.4) is 0 Å². The quantitative estimate of drug-likeness (QED) is 0.328. The van der Waals surface area contributed by atoms with Crippen molar-refractivity contribution in [1.82, 2.24) is 4.57 Å². The molecule has 1 nitrogen and oxygen atoms in total. The van der Waals surface area contributed by atoms with Gasteiger partial charge in [-0.15, -0.1) is 12.1 Å². The molecule has 1 heterocycles. The number of nitrogens with zero attached hydrogens (tertiary/aromatic N) is 1. The second-order valence-corrected chi connectivity index (χ2v) is 4.98. The van der Waals surface area contributed by atoms with Crippen LogP contribution >= 0.6 is 0 Å². The van der Waals surface area contributed by atoms with E-state index in [-0.39, 0.29) is 27.3 Å². The van der Waals surface area contributed by atoms with Crippen LogP contribution in [0.15, 0.2) is 91.3 Å². The Morgan fingerprint density at radius 2 is 1.33 bits per heavy atom. The monoisotopic (exact) mass is 355 g/mol. The van der Waals surface area contributed by atoms with E-state index >= 15 is 0 Å². The molecular weight excluding hydrogens is 340 g/mol. The number of halogens is 2. The van der Waals surface area contributed by atoms with Crippen LogP contribution in [0.5, 0.6) is 0 Å². The molecule has 0 saturated carbocycles. The minimum Gasteiger partial charge on any atom is -0.748 e. The molecule has 0 aliphatic rings. The van der Waals surface area contributed by atoms with Gasteiger partial charge in [0, 0.05) is 39.8 Å². The fourth-order valence-corrected chi connectivity index (χ4v) is 2.36. The molecule has 0 spiro atoms. The van der Waals surface area contributed by atoms with Crippen LogP contribution in [0.2, 0.25) is 0 Å². The van der Waals surface area contributed by atoms with Crippen LogP contribution < -0.4 is 0 Å². The van der Waals surface area contributed by atoms with Crippen LogP contribution in [-0.4, -0.2) is 4.57 Å². The summed E-state index contributed by atoms with van der Waals surface area (Å²) in [7, 11) is 0. The van der Waals surface area contributed by atoms with E-state index in [9.17, 15) is 8.78 Å². The van der Waals surface area contributed by atoms with Gasteiger partial charge in [0.15, 0.2) is 0 Å². The van der Waals surface area contributed by atoms with Crippen molar-refractivity contribution in [3.8, 4) is 16.8 Å². The van der Waals surface area contributed by atoms with Gasteiger partial charge in [0.1, 0.15) is 0 Å². The number of hydrogen-bond donors (Lipinski definition) is 0. The first-order valence-corrected chi connectivity index (χ1v) is 7.27. The Kier molecular flexibility index (Phi) is 6.48. The summed E-state index contributed by atoms with van der Waals surface area (Å²) < 4.78 is 29.8. The van der Waals surface area contributed by atoms with E-state index < -0.39 is 11.6 Å². The summed E-state index contributed by atoms with van der Waals surface area (Å²) in [4.78, 5) is 0. The molecular formula is C20H15F2NTi-6. The molecule has 0 unspecified atom stereocenters. The van der Waals surface area contributed by atoms with Crippen LogP contribution in [0.1, 0.15) is 0 Å². The Bertz CT molecular complexity index is 815. The average molecular weight is 355 g/mol. The Morgan fingerprint density at radius 1 is 0.792 bits per heavy atom. The minimum absolute atomic E-state index is 0. The van der Waals surface area contributed by atoms with Gasteiger partial charge in [0.25, 0.3) is 0 Å². The molecule has 4 aromatic rings. The van der Waals surface area contributed by atoms with E-state index in [0.29, 0.717) is 11.3 Å². The molecule has 1 aromatic heterocycles. The first-order valence-electron chi connectivity index (χ1n) is 7.27. The Labute approximate surface area is 154 Å². The molecule has 0 saturated heterocycles. The van der Waals surface area contributed by atoms with Gasteiger partial charge in [-0.2, -0.15) is 12.1 Å². The van der Waals surface area contributed by atoms with Gasteiger partial charge in [-0.05, 0) is 23.8 Å². The second kappa shape index (κ2) is 8.58. The normalized spacial score (nSPS) is 9.75. The van der Waals surface area contributed by atoms with Gasteiger partial charge in [0.2, 0.25) is 0 Å². The molecule has 3 aromatic carbocycles. The maximum Gasteiger partial charge on any atom is 0.0895 e. The predicted molar refractivity (Wildman–Crippen MR) is 88.7 cm³/mol. The fraction of sp³-hybridized carbons (Fsp3) is 0. The van der Waals surface area contributed by atoms with E-state index in [1.54, 1.807) is 53.4 Å². The number of rotatable bonds is 2. The first kappa shape index (κ1) is 18.1. The summed E-state index contributed by atoms with van der Waals surface area (Å²) in [6.07, 6.45) is 3.45. The SMILES string of the molecule is Fc1ccc(-n2cccc2)c(F)c1-[c-]1cccc1.[Ti].[cH-]1[cH-][cH-][cH-][cH-]1. The van der Waals surface area contributed by atoms with Gasteiger partial charge in [0.05, 0.1) is 11.6 Å².